The minimum absolute atomic E-state index is 0.282. The first-order valence-corrected chi connectivity index (χ1v) is 8.48. The second-order valence-electron chi connectivity index (χ2n) is 6.20. The van der Waals surface area contributed by atoms with Crippen LogP contribution in [0, 0.1) is 11.8 Å². The first-order chi connectivity index (χ1) is 13.3. The van der Waals surface area contributed by atoms with Crippen LogP contribution in [0.4, 0.5) is 0 Å². The third kappa shape index (κ3) is 4.28. The van der Waals surface area contributed by atoms with Gasteiger partial charge in [0.15, 0.2) is 5.92 Å². The monoisotopic (exact) mass is 387 g/mol. The molecule has 0 bridgehead atoms. The summed E-state index contributed by atoms with van der Waals surface area (Å²) in [6.45, 7) is 1.36. The van der Waals surface area contributed by atoms with Gasteiger partial charge in [0.2, 0.25) is 0 Å². The van der Waals surface area contributed by atoms with Gasteiger partial charge in [0, 0.05) is 11.5 Å². The zero-order chi connectivity index (χ0) is 20.8. The van der Waals surface area contributed by atoms with Crippen molar-refractivity contribution in [1.82, 2.24) is 5.32 Å². The van der Waals surface area contributed by atoms with E-state index in [1.807, 2.05) is 18.2 Å². The number of carboxylic acids is 1. The number of hydrogen-bond acceptors (Lipinski definition) is 6. The van der Waals surface area contributed by atoms with E-state index in [1.54, 1.807) is 24.3 Å². The quantitative estimate of drug-likeness (QED) is 0.547. The molecule has 148 valence electrons. The van der Waals surface area contributed by atoms with E-state index in [-0.39, 0.29) is 5.56 Å². The average molecular weight is 387 g/mol. The Labute approximate surface area is 161 Å². The van der Waals surface area contributed by atoms with E-state index in [0.29, 0.717) is 5.39 Å². The van der Waals surface area contributed by atoms with Crippen molar-refractivity contribution in [2.24, 2.45) is 11.8 Å². The number of fused-ring (bicyclic) bond motifs is 1. The molecule has 2 aromatic carbocycles. The number of aliphatic carboxylic acids is 1. The fraction of sp³-hybridized carbons (Fsp3) is 0.300. The van der Waals surface area contributed by atoms with Gasteiger partial charge in [-0.2, -0.15) is 0 Å². The molecule has 2 rings (SSSR count). The Kier molecular flexibility index (Phi) is 6.70. The lowest BCUT2D eigenvalue weighted by Crippen LogP contribution is -2.50. The number of hydrogen-bond donors (Lipinski definition) is 2. The Balaban J connectivity index is 2.35. The molecule has 2 N–H and O–H groups in total. The van der Waals surface area contributed by atoms with Gasteiger partial charge in [0.1, 0.15) is 6.04 Å². The molecule has 8 nitrogen and oxygen atoms in total. The normalized spacial score (nSPS) is 12.9. The maximum atomic E-state index is 12.8. The molecule has 0 fully saturated rings. The molecule has 0 aliphatic heterocycles. The van der Waals surface area contributed by atoms with E-state index in [4.69, 9.17) is 0 Å². The van der Waals surface area contributed by atoms with Crippen molar-refractivity contribution in [3.05, 3.63) is 48.0 Å². The predicted molar refractivity (Wildman–Crippen MR) is 99.5 cm³/mol. The van der Waals surface area contributed by atoms with Crippen molar-refractivity contribution >= 4 is 34.6 Å². The summed E-state index contributed by atoms with van der Waals surface area (Å²) in [4.78, 5) is 48.5. The molecule has 0 saturated carbocycles. The van der Waals surface area contributed by atoms with Crippen LogP contribution in [0.1, 0.15) is 17.3 Å². The van der Waals surface area contributed by atoms with Crippen LogP contribution >= 0.6 is 0 Å². The Morgan fingerprint density at radius 3 is 2.07 bits per heavy atom. The molecule has 0 aromatic heterocycles. The van der Waals surface area contributed by atoms with Gasteiger partial charge >= 0.3 is 17.9 Å². The summed E-state index contributed by atoms with van der Waals surface area (Å²) in [6.07, 6.45) is 0. The van der Waals surface area contributed by atoms with Crippen molar-refractivity contribution in [1.29, 1.82) is 0 Å². The van der Waals surface area contributed by atoms with Crippen molar-refractivity contribution in [2.75, 3.05) is 14.2 Å². The smallest absolute Gasteiger partial charge is 0.326 e. The summed E-state index contributed by atoms with van der Waals surface area (Å²) in [5.74, 6) is -6.52. The van der Waals surface area contributed by atoms with Crippen LogP contribution in [0.3, 0.4) is 0 Å². The van der Waals surface area contributed by atoms with Crippen LogP contribution in [0.2, 0.25) is 0 Å². The number of rotatable bonds is 7. The van der Waals surface area contributed by atoms with E-state index < -0.39 is 41.7 Å². The molecular weight excluding hydrogens is 366 g/mol. The Bertz CT molecular complexity index is 887. The second kappa shape index (κ2) is 8.98. The Hall–Kier alpha value is -3.42. The Morgan fingerprint density at radius 1 is 0.929 bits per heavy atom. The van der Waals surface area contributed by atoms with Crippen LogP contribution in [0.5, 0.6) is 0 Å². The molecule has 8 heteroatoms. The van der Waals surface area contributed by atoms with E-state index >= 15 is 0 Å². The summed E-state index contributed by atoms with van der Waals surface area (Å²) < 4.78 is 9.18. The summed E-state index contributed by atoms with van der Waals surface area (Å²) in [7, 11) is 2.16. The largest absolute Gasteiger partial charge is 0.480 e. The number of methoxy groups -OCH3 is 2. The molecule has 0 unspecified atom stereocenters. The predicted octanol–water partition coefficient (Wildman–Crippen LogP) is 1.62. The fourth-order valence-corrected chi connectivity index (χ4v) is 3.03. The number of nitrogens with one attached hydrogen (secondary N) is 1. The molecule has 2 aromatic rings. The number of carboxylic acid groups (broad SMARTS) is 1. The fourth-order valence-electron chi connectivity index (χ4n) is 3.03. The molecule has 2 atom stereocenters. The van der Waals surface area contributed by atoms with Gasteiger partial charge in [-0.05, 0) is 16.8 Å². The highest BCUT2D eigenvalue weighted by Crippen LogP contribution is 2.22. The first-order valence-electron chi connectivity index (χ1n) is 8.48. The number of amides is 1. The lowest BCUT2D eigenvalue weighted by molar-refractivity contribution is -0.162. The number of ether oxygens (including phenoxy) is 2. The van der Waals surface area contributed by atoms with E-state index in [1.165, 1.54) is 6.92 Å². The van der Waals surface area contributed by atoms with E-state index in [2.05, 4.69) is 14.8 Å². The molecule has 28 heavy (non-hydrogen) atoms. The van der Waals surface area contributed by atoms with Crippen molar-refractivity contribution in [3.8, 4) is 0 Å². The highest BCUT2D eigenvalue weighted by atomic mass is 16.5. The van der Waals surface area contributed by atoms with Crippen molar-refractivity contribution < 1.29 is 33.8 Å². The van der Waals surface area contributed by atoms with Crippen LogP contribution in [0.15, 0.2) is 42.5 Å². The SMILES string of the molecule is COC(=O)C(C(=O)OC)[C@H](C)[C@@H](NC(=O)c1cccc2ccccc12)C(=O)O. The molecule has 0 radical (unpaired) electrons. The standard InChI is InChI=1S/C20H21NO7/c1-11(15(19(25)27-2)20(26)28-3)16(18(23)24)21-17(22)14-10-6-8-12-7-4-5-9-13(12)14/h4-11,15-16H,1-3H3,(H,21,22)(H,23,24)/t11-,16+/m0/s1. The van der Waals surface area contributed by atoms with Gasteiger partial charge in [0.25, 0.3) is 5.91 Å². The van der Waals surface area contributed by atoms with Gasteiger partial charge < -0.3 is 19.9 Å². The highest BCUT2D eigenvalue weighted by Gasteiger charge is 2.42. The summed E-state index contributed by atoms with van der Waals surface area (Å²) >= 11 is 0. The maximum absolute atomic E-state index is 12.8. The van der Waals surface area contributed by atoms with E-state index in [9.17, 15) is 24.3 Å². The van der Waals surface area contributed by atoms with Gasteiger partial charge in [-0.25, -0.2) is 4.79 Å². The van der Waals surface area contributed by atoms with Crippen molar-refractivity contribution in [2.45, 2.75) is 13.0 Å². The molecule has 0 saturated heterocycles. The molecule has 0 spiro atoms. The van der Waals surface area contributed by atoms with Crippen LogP contribution < -0.4 is 5.32 Å². The molecule has 0 heterocycles. The topological polar surface area (TPSA) is 119 Å². The highest BCUT2D eigenvalue weighted by molar-refractivity contribution is 6.08. The summed E-state index contributed by atoms with van der Waals surface area (Å²) in [6, 6.07) is 10.7. The van der Waals surface area contributed by atoms with Crippen LogP contribution in [0.25, 0.3) is 10.8 Å². The number of benzene rings is 2. The summed E-state index contributed by atoms with van der Waals surface area (Å²) in [5.41, 5.74) is 0.282. The van der Waals surface area contributed by atoms with Gasteiger partial charge in [0.05, 0.1) is 14.2 Å². The van der Waals surface area contributed by atoms with Gasteiger partial charge in [-0.1, -0.05) is 43.3 Å². The first kappa shape index (κ1) is 20.9. The number of carbonyl (C=O) groups is 4. The zero-order valence-corrected chi connectivity index (χ0v) is 15.7. The minimum atomic E-state index is -1.52. The lowest BCUT2D eigenvalue weighted by Gasteiger charge is -2.26. The zero-order valence-electron chi connectivity index (χ0n) is 15.7. The van der Waals surface area contributed by atoms with E-state index in [0.717, 1.165) is 19.6 Å². The maximum Gasteiger partial charge on any atom is 0.326 e. The molecule has 0 aliphatic rings. The average Bonchev–Trinajstić information content (AvgIpc) is 2.70. The third-order valence-electron chi connectivity index (χ3n) is 4.55. The minimum Gasteiger partial charge on any atom is -0.480 e. The van der Waals surface area contributed by atoms with Crippen LogP contribution in [-0.2, 0) is 23.9 Å². The number of esters is 2. The second-order valence-corrected chi connectivity index (χ2v) is 6.20. The van der Waals surface area contributed by atoms with Gasteiger partial charge in [-0.15, -0.1) is 0 Å². The molecule has 0 aliphatic carbocycles. The van der Waals surface area contributed by atoms with Crippen LogP contribution in [-0.4, -0.2) is 49.2 Å². The molecular formula is C20H21NO7. The van der Waals surface area contributed by atoms with Crippen molar-refractivity contribution in [3.63, 3.8) is 0 Å². The molecule has 1 amide bonds. The number of carbonyl (C=O) groups excluding carboxylic acids is 3. The lowest BCUT2D eigenvalue weighted by atomic mass is 9.87. The van der Waals surface area contributed by atoms with Gasteiger partial charge in [-0.3, -0.25) is 14.4 Å². The third-order valence-corrected chi connectivity index (χ3v) is 4.55. The summed E-state index contributed by atoms with van der Waals surface area (Å²) in [5, 5.41) is 13.5. The Morgan fingerprint density at radius 2 is 1.50 bits per heavy atom.